The van der Waals surface area contributed by atoms with E-state index in [2.05, 4.69) is 31.8 Å². The maximum atomic E-state index is 12.7. The fourth-order valence-corrected chi connectivity index (χ4v) is 3.91. The molecule has 2 aromatic carbocycles. The Balaban J connectivity index is 1.13. The molecular weight excluding hydrogens is 404 g/mol. The summed E-state index contributed by atoms with van der Waals surface area (Å²) in [4.78, 5) is 16.9. The van der Waals surface area contributed by atoms with Crippen LogP contribution in [0.2, 0.25) is 0 Å². The largest absolute Gasteiger partial charge is 0.322 e. The Bertz CT molecular complexity index is 1120. The second kappa shape index (κ2) is 8.77. The molecule has 0 unspecified atom stereocenters. The molecule has 3 aromatic rings. The standard InChI is InChI=1S/C23H24N8O/c24-15-17-1-3-18(4-2-17)16-29-11-13-30(14-12-29)23(32)25-20-7-5-19(6-8-20)22-26-27-28-31(22)21-9-10-21/h1-8,21H,9-14,16H2,(H,25,32). The number of tetrazole rings is 1. The summed E-state index contributed by atoms with van der Waals surface area (Å²) in [5.41, 5.74) is 3.54. The fraction of sp³-hybridized carbons (Fsp3) is 0.348. The van der Waals surface area contributed by atoms with Crippen LogP contribution in [-0.2, 0) is 6.54 Å². The average Bonchev–Trinajstić information content (AvgIpc) is 3.57. The second-order valence-corrected chi connectivity index (χ2v) is 8.26. The fourth-order valence-electron chi connectivity index (χ4n) is 3.91. The predicted molar refractivity (Wildman–Crippen MR) is 119 cm³/mol. The molecule has 9 nitrogen and oxygen atoms in total. The molecular formula is C23H24N8O. The van der Waals surface area contributed by atoms with Gasteiger partial charge in [0.1, 0.15) is 0 Å². The second-order valence-electron chi connectivity index (χ2n) is 8.26. The summed E-state index contributed by atoms with van der Waals surface area (Å²) in [6.45, 7) is 3.81. The molecule has 5 rings (SSSR count). The number of aromatic nitrogens is 4. The van der Waals surface area contributed by atoms with Gasteiger partial charge in [-0.2, -0.15) is 5.26 Å². The van der Waals surface area contributed by atoms with Gasteiger partial charge in [0.15, 0.2) is 5.82 Å². The van der Waals surface area contributed by atoms with E-state index in [4.69, 9.17) is 5.26 Å². The first kappa shape index (κ1) is 20.2. The maximum absolute atomic E-state index is 12.7. The normalized spacial score (nSPS) is 16.5. The first-order chi connectivity index (χ1) is 15.7. The highest BCUT2D eigenvalue weighted by Crippen LogP contribution is 2.36. The third kappa shape index (κ3) is 4.45. The molecule has 0 spiro atoms. The Labute approximate surface area is 186 Å². The van der Waals surface area contributed by atoms with E-state index in [1.54, 1.807) is 0 Å². The number of carbonyl (C=O) groups excluding carboxylic acids is 1. The average molecular weight is 429 g/mol. The van der Waals surface area contributed by atoms with Crippen LogP contribution >= 0.6 is 0 Å². The monoisotopic (exact) mass is 428 g/mol. The lowest BCUT2D eigenvalue weighted by Crippen LogP contribution is -2.49. The highest BCUT2D eigenvalue weighted by Gasteiger charge is 2.28. The van der Waals surface area contributed by atoms with Crippen molar-refractivity contribution in [2.45, 2.75) is 25.4 Å². The molecule has 32 heavy (non-hydrogen) atoms. The molecule has 1 saturated carbocycles. The number of carbonyl (C=O) groups is 1. The van der Waals surface area contributed by atoms with Crippen LogP contribution in [0.15, 0.2) is 48.5 Å². The van der Waals surface area contributed by atoms with Crippen LogP contribution in [0.25, 0.3) is 11.4 Å². The summed E-state index contributed by atoms with van der Waals surface area (Å²) in [5.74, 6) is 0.767. The maximum Gasteiger partial charge on any atom is 0.321 e. The first-order valence-electron chi connectivity index (χ1n) is 10.9. The van der Waals surface area contributed by atoms with Gasteiger partial charge >= 0.3 is 6.03 Å². The number of nitrogens with zero attached hydrogens (tertiary/aromatic N) is 7. The molecule has 2 aliphatic rings. The van der Waals surface area contributed by atoms with Crippen molar-refractivity contribution in [3.63, 3.8) is 0 Å². The Morgan fingerprint density at radius 1 is 1.03 bits per heavy atom. The van der Waals surface area contributed by atoms with Gasteiger partial charge in [0, 0.05) is 44.0 Å². The lowest BCUT2D eigenvalue weighted by molar-refractivity contribution is 0.143. The zero-order valence-electron chi connectivity index (χ0n) is 17.7. The van der Waals surface area contributed by atoms with Crippen LogP contribution in [0.5, 0.6) is 0 Å². The van der Waals surface area contributed by atoms with Crippen LogP contribution < -0.4 is 5.32 Å². The highest BCUT2D eigenvalue weighted by atomic mass is 16.2. The summed E-state index contributed by atoms with van der Waals surface area (Å²) in [6.07, 6.45) is 2.24. The summed E-state index contributed by atoms with van der Waals surface area (Å²) >= 11 is 0. The molecule has 1 aliphatic carbocycles. The van der Waals surface area contributed by atoms with Crippen molar-refractivity contribution < 1.29 is 4.79 Å². The van der Waals surface area contributed by atoms with Crippen LogP contribution in [0.3, 0.4) is 0 Å². The van der Waals surface area contributed by atoms with E-state index in [-0.39, 0.29) is 6.03 Å². The Kier molecular flexibility index (Phi) is 5.52. The zero-order valence-corrected chi connectivity index (χ0v) is 17.7. The van der Waals surface area contributed by atoms with Crippen molar-refractivity contribution >= 4 is 11.7 Å². The molecule has 1 aliphatic heterocycles. The number of amides is 2. The molecule has 1 saturated heterocycles. The summed E-state index contributed by atoms with van der Waals surface area (Å²) in [5, 5.41) is 23.9. The molecule has 0 atom stereocenters. The van der Waals surface area contributed by atoms with Crippen LogP contribution in [0.4, 0.5) is 10.5 Å². The Morgan fingerprint density at radius 3 is 2.41 bits per heavy atom. The lowest BCUT2D eigenvalue weighted by Gasteiger charge is -2.34. The van der Waals surface area contributed by atoms with Gasteiger partial charge in [-0.15, -0.1) is 5.10 Å². The van der Waals surface area contributed by atoms with Crippen molar-refractivity contribution in [1.29, 1.82) is 5.26 Å². The number of hydrogen-bond acceptors (Lipinski definition) is 6. The van der Waals surface area contributed by atoms with Crippen molar-refractivity contribution in [2.75, 3.05) is 31.5 Å². The van der Waals surface area contributed by atoms with Crippen molar-refractivity contribution in [3.05, 3.63) is 59.7 Å². The summed E-state index contributed by atoms with van der Waals surface area (Å²) in [6, 6.07) is 17.8. The lowest BCUT2D eigenvalue weighted by atomic mass is 10.1. The molecule has 0 radical (unpaired) electrons. The van der Waals surface area contributed by atoms with Crippen molar-refractivity contribution in [2.24, 2.45) is 0 Å². The SMILES string of the molecule is N#Cc1ccc(CN2CCN(C(=O)Nc3ccc(-c4nnnn4C4CC4)cc3)CC2)cc1. The van der Waals surface area contributed by atoms with Crippen molar-refractivity contribution in [3.8, 4) is 17.5 Å². The van der Waals surface area contributed by atoms with Gasteiger partial charge in [0.2, 0.25) is 0 Å². The topological polar surface area (TPSA) is 103 Å². The molecule has 9 heteroatoms. The highest BCUT2D eigenvalue weighted by molar-refractivity contribution is 5.89. The Hall–Kier alpha value is -3.77. The van der Waals surface area contributed by atoms with Gasteiger partial charge in [-0.1, -0.05) is 12.1 Å². The first-order valence-corrected chi connectivity index (χ1v) is 10.9. The minimum Gasteiger partial charge on any atom is -0.322 e. The van der Waals surface area contributed by atoms with E-state index >= 15 is 0 Å². The van der Waals surface area contributed by atoms with Gasteiger partial charge < -0.3 is 10.2 Å². The van der Waals surface area contributed by atoms with Gasteiger partial charge in [-0.05, 0) is 65.2 Å². The van der Waals surface area contributed by atoms with Gasteiger partial charge in [-0.3, -0.25) is 4.90 Å². The molecule has 0 bridgehead atoms. The van der Waals surface area contributed by atoms with E-state index in [0.29, 0.717) is 24.7 Å². The van der Waals surface area contributed by atoms with Crippen LogP contribution in [-0.4, -0.2) is 62.2 Å². The summed E-state index contributed by atoms with van der Waals surface area (Å²) in [7, 11) is 0. The number of rotatable bonds is 5. The van der Waals surface area contributed by atoms with E-state index < -0.39 is 0 Å². The quantitative estimate of drug-likeness (QED) is 0.670. The van der Waals surface area contributed by atoms with E-state index in [9.17, 15) is 4.79 Å². The minimum atomic E-state index is -0.0846. The molecule has 1 aromatic heterocycles. The van der Waals surface area contributed by atoms with Crippen LogP contribution in [0.1, 0.15) is 30.0 Å². The van der Waals surface area contributed by atoms with Gasteiger partial charge in [0.05, 0.1) is 17.7 Å². The van der Waals surface area contributed by atoms with Gasteiger partial charge in [-0.25, -0.2) is 9.48 Å². The third-order valence-corrected chi connectivity index (χ3v) is 5.93. The smallest absolute Gasteiger partial charge is 0.321 e. The predicted octanol–water partition coefficient (Wildman–Crippen LogP) is 2.90. The third-order valence-electron chi connectivity index (χ3n) is 5.93. The molecule has 2 heterocycles. The van der Waals surface area contributed by atoms with Crippen molar-refractivity contribution in [1.82, 2.24) is 30.0 Å². The number of nitrogens with one attached hydrogen (secondary N) is 1. The molecule has 2 fully saturated rings. The number of anilines is 1. The van der Waals surface area contributed by atoms with E-state index in [1.165, 1.54) is 5.56 Å². The van der Waals surface area contributed by atoms with E-state index in [0.717, 1.165) is 49.6 Å². The molecule has 162 valence electrons. The number of nitriles is 1. The number of urea groups is 1. The zero-order chi connectivity index (χ0) is 21.9. The van der Waals surface area contributed by atoms with E-state index in [1.807, 2.05) is 58.1 Å². The summed E-state index contributed by atoms with van der Waals surface area (Å²) < 4.78 is 1.88. The molecule has 2 amide bonds. The molecule has 1 N–H and O–H groups in total. The van der Waals surface area contributed by atoms with Crippen LogP contribution in [0, 0.1) is 11.3 Å². The number of piperazine rings is 1. The minimum absolute atomic E-state index is 0.0846. The number of hydrogen-bond donors (Lipinski definition) is 1. The Morgan fingerprint density at radius 2 is 1.75 bits per heavy atom. The number of benzene rings is 2. The van der Waals surface area contributed by atoms with Gasteiger partial charge in [0.25, 0.3) is 0 Å².